The van der Waals surface area contributed by atoms with E-state index in [1.54, 1.807) is 13.8 Å². The van der Waals surface area contributed by atoms with E-state index in [1.165, 1.54) is 0 Å². The van der Waals surface area contributed by atoms with Gasteiger partial charge in [0.15, 0.2) is 0 Å². The molecule has 0 saturated carbocycles. The van der Waals surface area contributed by atoms with Crippen LogP contribution in [0, 0.1) is 22.7 Å². The van der Waals surface area contributed by atoms with E-state index in [0.29, 0.717) is 19.8 Å². The number of hydrogen-bond donors (Lipinski definition) is 2. The van der Waals surface area contributed by atoms with Crippen molar-refractivity contribution in [2.75, 3.05) is 26.8 Å². The fraction of sp³-hybridized carbons (Fsp3) is 0.818. The highest BCUT2D eigenvalue weighted by molar-refractivity contribution is 5.79. The van der Waals surface area contributed by atoms with Crippen molar-refractivity contribution in [3.8, 4) is 6.07 Å². The Morgan fingerprint density at radius 1 is 1.56 bits per heavy atom. The molecule has 0 spiro atoms. The number of carbonyl (C=O) groups is 1. The molecule has 0 bridgehead atoms. The van der Waals surface area contributed by atoms with Crippen LogP contribution in [0.25, 0.3) is 0 Å². The molecule has 1 aliphatic rings. The van der Waals surface area contributed by atoms with Gasteiger partial charge in [-0.05, 0) is 20.9 Å². The van der Waals surface area contributed by atoms with E-state index in [0.717, 1.165) is 0 Å². The number of hydrogen-bond acceptors (Lipinski definition) is 4. The van der Waals surface area contributed by atoms with Gasteiger partial charge in [0.25, 0.3) is 0 Å². The van der Waals surface area contributed by atoms with Gasteiger partial charge in [0, 0.05) is 12.6 Å². The first-order valence-electron chi connectivity index (χ1n) is 5.44. The zero-order valence-electron chi connectivity index (χ0n) is 10.0. The number of nitriles is 1. The maximum atomic E-state index is 11.8. The molecule has 1 rings (SSSR count). The summed E-state index contributed by atoms with van der Waals surface area (Å²) >= 11 is 0. The van der Waals surface area contributed by atoms with E-state index in [4.69, 9.17) is 10.00 Å². The van der Waals surface area contributed by atoms with Crippen LogP contribution in [0.5, 0.6) is 0 Å². The van der Waals surface area contributed by atoms with Gasteiger partial charge in [0.1, 0.15) is 0 Å². The van der Waals surface area contributed by atoms with Crippen LogP contribution in [0.3, 0.4) is 0 Å². The molecule has 0 aromatic rings. The van der Waals surface area contributed by atoms with Gasteiger partial charge in [-0.1, -0.05) is 0 Å². The van der Waals surface area contributed by atoms with Gasteiger partial charge >= 0.3 is 0 Å². The maximum Gasteiger partial charge on any atom is 0.227 e. The number of nitrogens with zero attached hydrogens (tertiary/aromatic N) is 1. The molecular formula is C11H19N3O2. The summed E-state index contributed by atoms with van der Waals surface area (Å²) < 4.78 is 5.25. The minimum absolute atomic E-state index is 0.0415. The molecule has 1 fully saturated rings. The summed E-state index contributed by atoms with van der Waals surface area (Å²) in [7, 11) is 1.82. The lowest BCUT2D eigenvalue weighted by molar-refractivity contribution is -0.125. The van der Waals surface area contributed by atoms with Crippen LogP contribution in [0.2, 0.25) is 0 Å². The molecular weight excluding hydrogens is 206 g/mol. The lowest BCUT2D eigenvalue weighted by Crippen LogP contribution is -2.44. The highest BCUT2D eigenvalue weighted by Crippen LogP contribution is 2.15. The van der Waals surface area contributed by atoms with Crippen molar-refractivity contribution in [1.82, 2.24) is 10.6 Å². The smallest absolute Gasteiger partial charge is 0.227 e. The summed E-state index contributed by atoms with van der Waals surface area (Å²) in [4.78, 5) is 11.8. The summed E-state index contributed by atoms with van der Waals surface area (Å²) in [5, 5.41) is 14.7. The molecule has 0 aliphatic carbocycles. The molecule has 90 valence electrons. The number of rotatable bonds is 4. The number of nitrogens with one attached hydrogen (secondary N) is 2. The number of carbonyl (C=O) groups excluding carboxylic acids is 1. The van der Waals surface area contributed by atoms with E-state index >= 15 is 0 Å². The van der Waals surface area contributed by atoms with Crippen molar-refractivity contribution in [2.45, 2.75) is 19.9 Å². The molecule has 0 radical (unpaired) electrons. The van der Waals surface area contributed by atoms with Gasteiger partial charge in [0.2, 0.25) is 5.91 Å². The molecule has 1 aliphatic heterocycles. The van der Waals surface area contributed by atoms with Crippen LogP contribution in [0.15, 0.2) is 0 Å². The average molecular weight is 225 g/mol. The van der Waals surface area contributed by atoms with Crippen molar-refractivity contribution in [3.05, 3.63) is 0 Å². The fourth-order valence-corrected chi connectivity index (χ4v) is 1.58. The highest BCUT2D eigenvalue weighted by atomic mass is 16.5. The van der Waals surface area contributed by atoms with Crippen LogP contribution >= 0.6 is 0 Å². The first kappa shape index (κ1) is 12.9. The van der Waals surface area contributed by atoms with Crippen LogP contribution in [-0.2, 0) is 9.53 Å². The molecule has 0 aromatic heterocycles. The van der Waals surface area contributed by atoms with Crippen LogP contribution in [0.4, 0.5) is 0 Å². The number of likely N-dealkylation sites (N-methyl/N-ethyl adjacent to an activating group) is 1. The monoisotopic (exact) mass is 225 g/mol. The Hall–Kier alpha value is -1.12. The van der Waals surface area contributed by atoms with E-state index in [2.05, 4.69) is 16.7 Å². The third-order valence-corrected chi connectivity index (χ3v) is 2.80. The standard InChI is InChI=1S/C11H19N3O2/c1-11(2,6-12)7-14-10(15)8-4-16-5-9(8)13-3/h8-9,13H,4-5,7H2,1-3H3,(H,14,15). The zero-order valence-corrected chi connectivity index (χ0v) is 10.0. The fourth-order valence-electron chi connectivity index (χ4n) is 1.58. The van der Waals surface area contributed by atoms with Crippen molar-refractivity contribution in [3.63, 3.8) is 0 Å². The normalized spacial score (nSPS) is 25.1. The Morgan fingerprint density at radius 3 is 2.81 bits per heavy atom. The van der Waals surface area contributed by atoms with E-state index in [-0.39, 0.29) is 17.9 Å². The van der Waals surface area contributed by atoms with Gasteiger partial charge in [-0.2, -0.15) is 5.26 Å². The van der Waals surface area contributed by atoms with Gasteiger partial charge in [-0.25, -0.2) is 0 Å². The Balaban J connectivity index is 2.44. The number of amides is 1. The number of ether oxygens (including phenoxy) is 1. The molecule has 1 heterocycles. The second kappa shape index (κ2) is 5.28. The first-order valence-corrected chi connectivity index (χ1v) is 5.44. The second-order valence-electron chi connectivity index (χ2n) is 4.75. The third-order valence-electron chi connectivity index (χ3n) is 2.80. The molecule has 1 amide bonds. The highest BCUT2D eigenvalue weighted by Gasteiger charge is 2.33. The minimum atomic E-state index is -0.524. The van der Waals surface area contributed by atoms with Crippen LogP contribution < -0.4 is 10.6 Å². The molecule has 16 heavy (non-hydrogen) atoms. The summed E-state index contributed by atoms with van der Waals surface area (Å²) in [6, 6.07) is 2.23. The predicted octanol–water partition coefficient (Wildman–Crippen LogP) is -0.113. The third kappa shape index (κ3) is 3.19. The van der Waals surface area contributed by atoms with Crippen molar-refractivity contribution in [1.29, 1.82) is 5.26 Å². The maximum absolute atomic E-state index is 11.8. The molecule has 5 nitrogen and oxygen atoms in total. The lowest BCUT2D eigenvalue weighted by Gasteiger charge is -2.20. The lowest BCUT2D eigenvalue weighted by atomic mass is 9.95. The molecule has 2 atom stereocenters. The SMILES string of the molecule is CNC1COCC1C(=O)NCC(C)(C)C#N. The van der Waals surface area contributed by atoms with Gasteiger partial charge in [0.05, 0.1) is 30.6 Å². The average Bonchev–Trinajstić information content (AvgIpc) is 2.74. The quantitative estimate of drug-likeness (QED) is 0.700. The van der Waals surface area contributed by atoms with Gasteiger partial charge in [-0.15, -0.1) is 0 Å². The zero-order chi connectivity index (χ0) is 12.2. The molecule has 5 heteroatoms. The van der Waals surface area contributed by atoms with Crippen LogP contribution in [-0.4, -0.2) is 38.8 Å². The molecule has 2 unspecified atom stereocenters. The molecule has 0 aromatic carbocycles. The Morgan fingerprint density at radius 2 is 2.25 bits per heavy atom. The van der Waals surface area contributed by atoms with E-state index < -0.39 is 5.41 Å². The largest absolute Gasteiger partial charge is 0.379 e. The second-order valence-corrected chi connectivity index (χ2v) is 4.75. The predicted molar refractivity (Wildman–Crippen MR) is 59.6 cm³/mol. The van der Waals surface area contributed by atoms with Crippen molar-refractivity contribution in [2.24, 2.45) is 11.3 Å². The summed E-state index contributed by atoms with van der Waals surface area (Å²) in [5.41, 5.74) is -0.524. The summed E-state index contributed by atoms with van der Waals surface area (Å²) in [5.74, 6) is -0.195. The Labute approximate surface area is 96.2 Å². The molecule has 2 N–H and O–H groups in total. The van der Waals surface area contributed by atoms with Gasteiger partial charge in [-0.3, -0.25) is 4.79 Å². The Bertz CT molecular complexity index is 296. The molecule has 1 saturated heterocycles. The Kier molecular flexibility index (Phi) is 4.27. The van der Waals surface area contributed by atoms with E-state index in [9.17, 15) is 4.79 Å². The topological polar surface area (TPSA) is 74.2 Å². The minimum Gasteiger partial charge on any atom is -0.379 e. The van der Waals surface area contributed by atoms with Crippen molar-refractivity contribution < 1.29 is 9.53 Å². The van der Waals surface area contributed by atoms with Gasteiger partial charge < -0.3 is 15.4 Å². The summed E-state index contributed by atoms with van der Waals surface area (Å²) in [6.45, 7) is 4.98. The summed E-state index contributed by atoms with van der Waals surface area (Å²) in [6.07, 6.45) is 0. The first-order chi connectivity index (χ1) is 7.50. The van der Waals surface area contributed by atoms with Crippen molar-refractivity contribution >= 4 is 5.91 Å². The van der Waals surface area contributed by atoms with E-state index in [1.807, 2.05) is 7.05 Å². The van der Waals surface area contributed by atoms with Crippen LogP contribution in [0.1, 0.15) is 13.8 Å².